The molecule has 0 fully saturated rings. The van der Waals surface area contributed by atoms with Gasteiger partial charge in [0.1, 0.15) is 6.29 Å². The highest BCUT2D eigenvalue weighted by molar-refractivity contribution is 5.79. The second-order valence-electron chi connectivity index (χ2n) is 7.80. The van der Waals surface area contributed by atoms with Gasteiger partial charge in [0, 0.05) is 54.6 Å². The molecule has 0 N–H and O–H groups in total. The molecule has 0 amide bonds. The molecule has 0 aromatic heterocycles. The van der Waals surface area contributed by atoms with E-state index in [1.54, 1.807) is 0 Å². The number of benzene rings is 3. The Morgan fingerprint density at radius 3 is 1.21 bits per heavy atom. The number of aldehydes is 1. The van der Waals surface area contributed by atoms with Crippen molar-refractivity contribution in [1.82, 2.24) is 0 Å². The van der Waals surface area contributed by atoms with Crippen LogP contribution < -0.4 is 14.7 Å². The molecule has 3 aromatic rings. The van der Waals surface area contributed by atoms with E-state index in [4.69, 9.17) is 0 Å². The number of hydrogen-bond donors (Lipinski definition) is 0. The van der Waals surface area contributed by atoms with Crippen molar-refractivity contribution in [2.24, 2.45) is 0 Å². The van der Waals surface area contributed by atoms with Crippen molar-refractivity contribution in [2.75, 3.05) is 40.9 Å². The summed E-state index contributed by atoms with van der Waals surface area (Å²) in [5.74, 6) is 0. The maximum Gasteiger partial charge on any atom is 0.142 e. The van der Waals surface area contributed by atoms with E-state index in [0.29, 0.717) is 0 Å². The normalized spacial score (nSPS) is 10.9. The smallest absolute Gasteiger partial charge is 0.142 e. The molecule has 0 aliphatic carbocycles. The van der Waals surface area contributed by atoms with Gasteiger partial charge >= 0.3 is 0 Å². The number of rotatable bonds is 11. The number of carbonyl (C=O) groups excluding carboxylic acids is 1. The average molecular weight is 442 g/mol. The molecule has 4 nitrogen and oxygen atoms in total. The van der Waals surface area contributed by atoms with Gasteiger partial charge in [-0.05, 0) is 100.0 Å². The van der Waals surface area contributed by atoms with Crippen LogP contribution in [-0.2, 0) is 4.79 Å². The molecule has 0 saturated heterocycles. The van der Waals surface area contributed by atoms with Gasteiger partial charge in [-0.15, -0.1) is 0 Å². The van der Waals surface area contributed by atoms with Crippen LogP contribution in [0.15, 0.2) is 78.9 Å². The Morgan fingerprint density at radius 1 is 0.545 bits per heavy atom. The van der Waals surface area contributed by atoms with Gasteiger partial charge in [-0.3, -0.25) is 4.79 Å². The van der Waals surface area contributed by atoms with Gasteiger partial charge in [0.05, 0.1) is 0 Å². The highest BCUT2D eigenvalue weighted by Gasteiger charge is 2.14. The highest BCUT2D eigenvalue weighted by Crippen LogP contribution is 2.36. The summed E-state index contributed by atoms with van der Waals surface area (Å²) in [5.41, 5.74) is 6.75. The summed E-state index contributed by atoms with van der Waals surface area (Å²) in [6, 6.07) is 25.8. The molecule has 0 atom stereocenters. The van der Waals surface area contributed by atoms with E-state index in [2.05, 4.69) is 103 Å². The van der Waals surface area contributed by atoms with Crippen LogP contribution in [0.1, 0.15) is 33.3 Å². The zero-order valence-electron chi connectivity index (χ0n) is 20.2. The molecule has 0 aliphatic heterocycles. The summed E-state index contributed by atoms with van der Waals surface area (Å²) in [6.07, 6.45) is 4.14. The number of hydrogen-bond acceptors (Lipinski definition) is 4. The predicted molar refractivity (Wildman–Crippen MR) is 143 cm³/mol. The van der Waals surface area contributed by atoms with E-state index in [-0.39, 0.29) is 0 Å². The zero-order chi connectivity index (χ0) is 23.6. The maximum absolute atomic E-state index is 10.7. The van der Waals surface area contributed by atoms with Crippen LogP contribution in [0.25, 0.3) is 6.08 Å². The van der Waals surface area contributed by atoms with Gasteiger partial charge in [0.15, 0.2) is 0 Å². The lowest BCUT2D eigenvalue weighted by atomic mass is 10.1. The van der Waals surface area contributed by atoms with Gasteiger partial charge in [0.25, 0.3) is 0 Å². The van der Waals surface area contributed by atoms with Gasteiger partial charge in [-0.2, -0.15) is 0 Å². The average Bonchev–Trinajstić information content (AvgIpc) is 2.87. The fourth-order valence-corrected chi connectivity index (χ4v) is 4.13. The van der Waals surface area contributed by atoms with E-state index in [9.17, 15) is 4.79 Å². The van der Waals surface area contributed by atoms with E-state index in [1.165, 1.54) is 17.5 Å². The molecule has 0 saturated carbocycles. The number of carbonyl (C=O) groups is 1. The fraction of sp³-hybridized carbons (Fsp3) is 0.276. The molecule has 3 aromatic carbocycles. The van der Waals surface area contributed by atoms with Crippen molar-refractivity contribution in [3.63, 3.8) is 0 Å². The minimum Gasteiger partial charge on any atom is -0.372 e. The lowest BCUT2D eigenvalue weighted by Gasteiger charge is -2.28. The minimum absolute atomic E-state index is 0.801. The second-order valence-corrected chi connectivity index (χ2v) is 7.80. The first-order valence-corrected chi connectivity index (χ1v) is 11.9. The second kappa shape index (κ2) is 11.9. The summed E-state index contributed by atoms with van der Waals surface area (Å²) in [7, 11) is 0. The van der Waals surface area contributed by atoms with Gasteiger partial charge in [0.2, 0.25) is 0 Å². The van der Waals surface area contributed by atoms with E-state index in [1.807, 2.05) is 18.2 Å². The van der Waals surface area contributed by atoms with Crippen molar-refractivity contribution >= 4 is 40.8 Å². The topological polar surface area (TPSA) is 26.8 Å². The van der Waals surface area contributed by atoms with Crippen molar-refractivity contribution < 1.29 is 4.79 Å². The Hall–Kier alpha value is -3.53. The molecule has 0 aliphatic rings. The van der Waals surface area contributed by atoms with Gasteiger partial charge < -0.3 is 14.7 Å². The summed E-state index contributed by atoms with van der Waals surface area (Å²) in [6.45, 7) is 12.7. The molecule has 0 radical (unpaired) electrons. The quantitative estimate of drug-likeness (QED) is 0.235. The summed E-state index contributed by atoms with van der Waals surface area (Å²) in [4.78, 5) is 17.6. The molecule has 0 spiro atoms. The summed E-state index contributed by atoms with van der Waals surface area (Å²) in [5, 5.41) is 0. The maximum atomic E-state index is 10.7. The lowest BCUT2D eigenvalue weighted by molar-refractivity contribution is -0.104. The van der Waals surface area contributed by atoms with Gasteiger partial charge in [-0.1, -0.05) is 18.2 Å². The van der Waals surface area contributed by atoms with Crippen LogP contribution in [0.4, 0.5) is 28.4 Å². The Morgan fingerprint density at radius 2 is 0.879 bits per heavy atom. The first-order chi connectivity index (χ1) is 16.1. The standard InChI is InChI=1S/C29H35N3O/c1-5-30(6-2)25-15-19-28(20-16-25)32(27-13-11-24(12-14-27)10-9-23-33)29-21-17-26(18-22-29)31(7-3)8-4/h9-23H,5-8H2,1-4H3/b10-9+. The fourth-order valence-electron chi connectivity index (χ4n) is 4.13. The monoisotopic (exact) mass is 441 g/mol. The lowest BCUT2D eigenvalue weighted by Crippen LogP contribution is -2.22. The van der Waals surface area contributed by atoms with E-state index >= 15 is 0 Å². The van der Waals surface area contributed by atoms with Gasteiger partial charge in [-0.25, -0.2) is 0 Å². The van der Waals surface area contributed by atoms with Crippen molar-refractivity contribution in [2.45, 2.75) is 27.7 Å². The van der Waals surface area contributed by atoms with Crippen molar-refractivity contribution in [3.05, 3.63) is 84.4 Å². The molecule has 0 bridgehead atoms. The number of anilines is 5. The third-order valence-electron chi connectivity index (χ3n) is 5.99. The van der Waals surface area contributed by atoms with Crippen molar-refractivity contribution in [1.29, 1.82) is 0 Å². The largest absolute Gasteiger partial charge is 0.372 e. The molecule has 0 heterocycles. The SMILES string of the molecule is CCN(CC)c1ccc(N(c2ccc(/C=C/C=O)cc2)c2ccc(N(CC)CC)cc2)cc1. The molecule has 3 rings (SSSR count). The van der Waals surface area contributed by atoms with E-state index in [0.717, 1.165) is 55.1 Å². The Kier molecular flexibility index (Phi) is 8.71. The molecular formula is C29H35N3O. The van der Waals surface area contributed by atoms with Crippen LogP contribution in [-0.4, -0.2) is 32.5 Å². The summed E-state index contributed by atoms with van der Waals surface area (Å²) >= 11 is 0. The summed E-state index contributed by atoms with van der Waals surface area (Å²) < 4.78 is 0. The molecule has 0 unspecified atom stereocenters. The first kappa shape index (κ1) is 24.1. The number of nitrogens with zero attached hydrogens (tertiary/aromatic N) is 3. The molecule has 172 valence electrons. The zero-order valence-corrected chi connectivity index (χ0v) is 20.2. The number of allylic oxidation sites excluding steroid dienone is 1. The van der Waals surface area contributed by atoms with Crippen LogP contribution in [0.3, 0.4) is 0 Å². The predicted octanol–water partition coefficient (Wildman–Crippen LogP) is 7.06. The molecule has 4 heteroatoms. The van der Waals surface area contributed by atoms with Crippen molar-refractivity contribution in [3.8, 4) is 0 Å². The molecular weight excluding hydrogens is 406 g/mol. The Bertz CT molecular complexity index is 960. The van der Waals surface area contributed by atoms with Crippen LogP contribution >= 0.6 is 0 Å². The van der Waals surface area contributed by atoms with Crippen LogP contribution in [0.5, 0.6) is 0 Å². The van der Waals surface area contributed by atoms with Crippen LogP contribution in [0, 0.1) is 0 Å². The first-order valence-electron chi connectivity index (χ1n) is 11.9. The third kappa shape index (κ3) is 5.83. The van der Waals surface area contributed by atoms with E-state index < -0.39 is 0 Å². The Labute approximate surface area is 198 Å². The highest BCUT2D eigenvalue weighted by atomic mass is 16.1. The molecule has 33 heavy (non-hydrogen) atoms. The minimum atomic E-state index is 0.801. The third-order valence-corrected chi connectivity index (χ3v) is 5.99. The van der Waals surface area contributed by atoms with Crippen LogP contribution in [0.2, 0.25) is 0 Å². The Balaban J connectivity index is 2.01.